The summed E-state index contributed by atoms with van der Waals surface area (Å²) in [6.45, 7) is 4.94. The van der Waals surface area contributed by atoms with Crippen molar-refractivity contribution >= 4 is 43.0 Å². The summed E-state index contributed by atoms with van der Waals surface area (Å²) < 4.78 is 71.1. The number of amides is 1. The number of carbonyl (C=O) groups is 1. The van der Waals surface area contributed by atoms with Gasteiger partial charge in [0.25, 0.3) is 5.91 Å². The summed E-state index contributed by atoms with van der Waals surface area (Å²) in [5, 5.41) is 5.94. The number of anilines is 3. The van der Waals surface area contributed by atoms with Gasteiger partial charge in [-0.15, -0.1) is 0 Å². The van der Waals surface area contributed by atoms with Crippen molar-refractivity contribution in [2.45, 2.75) is 23.6 Å². The van der Waals surface area contributed by atoms with Gasteiger partial charge in [-0.2, -0.15) is 8.61 Å². The van der Waals surface area contributed by atoms with Gasteiger partial charge in [0.2, 0.25) is 20.0 Å². The fourth-order valence-corrected chi connectivity index (χ4v) is 7.37. The van der Waals surface area contributed by atoms with Crippen LogP contribution in [0.25, 0.3) is 0 Å². The normalized spacial score (nSPS) is 14.3. The average Bonchev–Trinajstić information content (AvgIpc) is 3.02. The van der Waals surface area contributed by atoms with Crippen molar-refractivity contribution in [2.75, 3.05) is 63.7 Å². The van der Waals surface area contributed by atoms with Gasteiger partial charge >= 0.3 is 0 Å². The van der Waals surface area contributed by atoms with Crippen LogP contribution >= 0.6 is 0 Å². The van der Waals surface area contributed by atoms with Crippen molar-refractivity contribution in [3.05, 3.63) is 66.7 Å². The van der Waals surface area contributed by atoms with Gasteiger partial charge in [-0.25, -0.2) is 16.8 Å². The lowest BCUT2D eigenvalue weighted by Crippen LogP contribution is -2.40. The number of sulfonamides is 2. The SMILES string of the molecule is CCN(CC)S(=O)(=O)c1ccc(Nc2ccccc2OC)c(NC(=O)COc2ccc(S(=O)(=O)N3CCOCC3)cc2)c1. The second kappa shape index (κ2) is 14.2. The number of nitrogens with one attached hydrogen (secondary N) is 2. The van der Waals surface area contributed by atoms with E-state index in [-0.39, 0.29) is 28.6 Å². The van der Waals surface area contributed by atoms with Crippen molar-refractivity contribution in [3.63, 3.8) is 0 Å². The fourth-order valence-electron chi connectivity index (χ4n) is 4.48. The molecule has 232 valence electrons. The van der Waals surface area contributed by atoms with E-state index in [9.17, 15) is 21.6 Å². The molecule has 0 unspecified atom stereocenters. The molecular formula is C29H36N4O8S2. The summed E-state index contributed by atoms with van der Waals surface area (Å²) in [6.07, 6.45) is 0. The van der Waals surface area contributed by atoms with Crippen LogP contribution in [-0.2, 0) is 29.6 Å². The molecule has 1 saturated heterocycles. The number of carbonyl (C=O) groups excluding carboxylic acids is 1. The van der Waals surface area contributed by atoms with E-state index in [1.165, 1.54) is 52.1 Å². The molecule has 3 aromatic carbocycles. The maximum atomic E-state index is 13.2. The second-order valence-electron chi connectivity index (χ2n) is 9.45. The minimum atomic E-state index is -3.80. The summed E-state index contributed by atoms with van der Waals surface area (Å²) in [5.74, 6) is 0.300. The smallest absolute Gasteiger partial charge is 0.262 e. The summed E-state index contributed by atoms with van der Waals surface area (Å²) in [5.41, 5.74) is 1.27. The van der Waals surface area contributed by atoms with Gasteiger partial charge < -0.3 is 24.8 Å². The molecule has 12 nitrogen and oxygen atoms in total. The van der Waals surface area contributed by atoms with Crippen LogP contribution in [-0.4, -0.2) is 84.5 Å². The number of ether oxygens (including phenoxy) is 3. The first kappa shape index (κ1) is 32.2. The minimum Gasteiger partial charge on any atom is -0.495 e. The molecule has 0 aromatic heterocycles. The molecule has 4 rings (SSSR count). The zero-order valence-corrected chi connectivity index (χ0v) is 25.9. The first-order valence-electron chi connectivity index (χ1n) is 13.7. The highest BCUT2D eigenvalue weighted by Gasteiger charge is 2.26. The highest BCUT2D eigenvalue weighted by Crippen LogP contribution is 2.33. The van der Waals surface area contributed by atoms with Crippen LogP contribution in [0, 0.1) is 0 Å². The van der Waals surface area contributed by atoms with Crippen molar-refractivity contribution < 1.29 is 35.8 Å². The summed E-state index contributed by atoms with van der Waals surface area (Å²) in [4.78, 5) is 13.1. The van der Waals surface area contributed by atoms with E-state index >= 15 is 0 Å². The van der Waals surface area contributed by atoms with Gasteiger partial charge in [-0.1, -0.05) is 26.0 Å². The molecule has 0 aliphatic carbocycles. The Bertz CT molecular complexity index is 1620. The van der Waals surface area contributed by atoms with Crippen molar-refractivity contribution in [1.29, 1.82) is 0 Å². The Morgan fingerprint density at radius 3 is 2.19 bits per heavy atom. The maximum absolute atomic E-state index is 13.2. The Balaban J connectivity index is 1.52. The molecule has 3 aromatic rings. The van der Waals surface area contributed by atoms with Crippen LogP contribution in [0.5, 0.6) is 11.5 Å². The summed E-state index contributed by atoms with van der Waals surface area (Å²) >= 11 is 0. The lowest BCUT2D eigenvalue weighted by molar-refractivity contribution is -0.118. The van der Waals surface area contributed by atoms with E-state index < -0.39 is 32.6 Å². The Hall–Kier alpha value is -3.69. The Morgan fingerprint density at radius 1 is 0.884 bits per heavy atom. The van der Waals surface area contributed by atoms with Gasteiger partial charge in [0.15, 0.2) is 6.61 Å². The van der Waals surface area contributed by atoms with E-state index in [1.54, 1.807) is 32.0 Å². The molecule has 2 N–H and O–H groups in total. The number of nitrogens with zero attached hydrogens (tertiary/aromatic N) is 2. The Kier molecular flexibility index (Phi) is 10.6. The quantitative estimate of drug-likeness (QED) is 0.289. The van der Waals surface area contributed by atoms with E-state index in [4.69, 9.17) is 14.2 Å². The van der Waals surface area contributed by atoms with Gasteiger partial charge in [-0.05, 0) is 54.6 Å². The minimum absolute atomic E-state index is 0.0232. The highest BCUT2D eigenvalue weighted by atomic mass is 32.2. The number of methoxy groups -OCH3 is 1. The molecule has 43 heavy (non-hydrogen) atoms. The predicted molar refractivity (Wildman–Crippen MR) is 163 cm³/mol. The molecular weight excluding hydrogens is 596 g/mol. The molecule has 1 heterocycles. The van der Waals surface area contributed by atoms with E-state index in [2.05, 4.69) is 10.6 Å². The molecule has 1 aliphatic rings. The first-order chi connectivity index (χ1) is 20.6. The van der Waals surface area contributed by atoms with E-state index in [0.29, 0.717) is 49.2 Å². The lowest BCUT2D eigenvalue weighted by Gasteiger charge is -2.26. The second-order valence-corrected chi connectivity index (χ2v) is 13.3. The van der Waals surface area contributed by atoms with Crippen LogP contribution in [0.1, 0.15) is 13.8 Å². The van der Waals surface area contributed by atoms with Crippen LogP contribution in [0.4, 0.5) is 17.1 Å². The lowest BCUT2D eigenvalue weighted by atomic mass is 10.2. The van der Waals surface area contributed by atoms with Crippen molar-refractivity contribution in [3.8, 4) is 11.5 Å². The summed E-state index contributed by atoms with van der Waals surface area (Å²) in [7, 11) is -5.93. The Morgan fingerprint density at radius 2 is 1.53 bits per heavy atom. The third kappa shape index (κ3) is 7.64. The van der Waals surface area contributed by atoms with Crippen LogP contribution in [0.3, 0.4) is 0 Å². The third-order valence-corrected chi connectivity index (χ3v) is 10.7. The molecule has 0 saturated carbocycles. The maximum Gasteiger partial charge on any atom is 0.262 e. The highest BCUT2D eigenvalue weighted by molar-refractivity contribution is 7.89. The van der Waals surface area contributed by atoms with Crippen molar-refractivity contribution in [2.24, 2.45) is 0 Å². The molecule has 0 atom stereocenters. The van der Waals surface area contributed by atoms with E-state index in [0.717, 1.165) is 0 Å². The molecule has 14 heteroatoms. The fraction of sp³-hybridized carbons (Fsp3) is 0.345. The zero-order chi connectivity index (χ0) is 31.0. The predicted octanol–water partition coefficient (Wildman–Crippen LogP) is 3.51. The first-order valence-corrected chi connectivity index (χ1v) is 16.6. The number of morpholine rings is 1. The zero-order valence-electron chi connectivity index (χ0n) is 24.3. The van der Waals surface area contributed by atoms with Gasteiger partial charge in [0, 0.05) is 26.2 Å². The standard InChI is InChI=1S/C29H36N4O8S2/c1-4-32(5-2)43(37,38)24-14-15-25(30-26-8-6-7-9-28(26)39-3)27(20-24)31-29(34)21-41-22-10-12-23(13-11-22)42(35,36)33-16-18-40-19-17-33/h6-15,20,30H,4-5,16-19,21H2,1-3H3,(H,31,34). The van der Waals surface area contributed by atoms with Crippen LogP contribution in [0.2, 0.25) is 0 Å². The molecule has 0 spiro atoms. The van der Waals surface area contributed by atoms with Crippen molar-refractivity contribution in [1.82, 2.24) is 8.61 Å². The number of hydrogen-bond donors (Lipinski definition) is 2. The van der Waals surface area contributed by atoms with E-state index in [1.807, 2.05) is 12.1 Å². The molecule has 0 bridgehead atoms. The molecule has 0 radical (unpaired) electrons. The van der Waals surface area contributed by atoms with Gasteiger partial charge in [0.1, 0.15) is 11.5 Å². The monoisotopic (exact) mass is 632 g/mol. The third-order valence-electron chi connectivity index (χ3n) is 6.79. The topological polar surface area (TPSA) is 144 Å². The van der Waals surface area contributed by atoms with Gasteiger partial charge in [-0.3, -0.25) is 4.79 Å². The van der Waals surface area contributed by atoms with Gasteiger partial charge in [0.05, 0.1) is 47.2 Å². The molecule has 1 amide bonds. The number of para-hydroxylation sites is 2. The molecule has 1 aliphatic heterocycles. The largest absolute Gasteiger partial charge is 0.495 e. The average molecular weight is 633 g/mol. The number of benzene rings is 3. The number of hydrogen-bond acceptors (Lipinski definition) is 9. The number of rotatable bonds is 13. The molecule has 1 fully saturated rings. The summed E-state index contributed by atoms with van der Waals surface area (Å²) in [6, 6.07) is 17.4. The van der Waals surface area contributed by atoms with Crippen LogP contribution < -0.4 is 20.1 Å². The van der Waals surface area contributed by atoms with Crippen LogP contribution in [0.15, 0.2) is 76.5 Å². The Labute approximate surface area is 252 Å².